The Morgan fingerprint density at radius 2 is 1.50 bits per heavy atom. The van der Waals surface area contributed by atoms with Crippen LogP contribution in [0.5, 0.6) is 0 Å². The number of nitrogens with zero attached hydrogens (tertiary/aromatic N) is 2. The minimum Gasteiger partial charge on any atom is -0.361 e. The molecule has 5 rings (SSSR count). The van der Waals surface area contributed by atoms with Crippen LogP contribution < -0.4 is 16.0 Å². The van der Waals surface area contributed by atoms with Crippen LogP contribution in [0.4, 0.5) is 0 Å². The summed E-state index contributed by atoms with van der Waals surface area (Å²) in [5, 5.41) is 9.46. The highest BCUT2D eigenvalue weighted by Crippen LogP contribution is 2.23. The Kier molecular flexibility index (Phi) is 11.0. The number of likely N-dealkylation sites (N-methyl/N-ethyl adjacent to an activating group) is 1. The maximum atomic E-state index is 14.1. The van der Waals surface area contributed by atoms with Crippen molar-refractivity contribution in [2.24, 2.45) is 0 Å². The van der Waals surface area contributed by atoms with E-state index in [9.17, 15) is 24.0 Å². The Morgan fingerprint density at radius 1 is 0.820 bits per heavy atom. The average Bonchev–Trinajstić information content (AvgIpc) is 3.51. The number of amides is 5. The first-order valence-electron chi connectivity index (χ1n) is 16.9. The molecule has 1 aliphatic rings. The maximum absolute atomic E-state index is 14.1. The molecule has 4 aromatic rings. The van der Waals surface area contributed by atoms with Crippen LogP contribution >= 0.6 is 0 Å². The molecule has 11 nitrogen and oxygen atoms in total. The Balaban J connectivity index is 1.47. The number of aromatic amines is 1. The van der Waals surface area contributed by atoms with Crippen LogP contribution in [0.1, 0.15) is 54.7 Å². The number of hydrogen-bond acceptors (Lipinski definition) is 5. The summed E-state index contributed by atoms with van der Waals surface area (Å²) >= 11 is 0. The molecule has 1 aromatic heterocycles. The average molecular weight is 679 g/mol. The van der Waals surface area contributed by atoms with E-state index in [4.69, 9.17) is 0 Å². The van der Waals surface area contributed by atoms with Gasteiger partial charge in [-0.25, -0.2) is 0 Å². The van der Waals surface area contributed by atoms with E-state index in [2.05, 4.69) is 41.7 Å². The van der Waals surface area contributed by atoms with Crippen LogP contribution in [0.25, 0.3) is 10.9 Å². The zero-order chi connectivity index (χ0) is 36.0. The lowest BCUT2D eigenvalue weighted by molar-refractivity contribution is -0.142. The lowest BCUT2D eigenvalue weighted by Gasteiger charge is -2.30. The van der Waals surface area contributed by atoms with Gasteiger partial charge in [-0.05, 0) is 47.2 Å². The fourth-order valence-corrected chi connectivity index (χ4v) is 6.08. The van der Waals surface area contributed by atoms with E-state index in [-0.39, 0.29) is 37.9 Å². The Bertz CT molecular complexity index is 1850. The summed E-state index contributed by atoms with van der Waals surface area (Å²) < 4.78 is 0. The largest absolute Gasteiger partial charge is 0.361 e. The van der Waals surface area contributed by atoms with Gasteiger partial charge in [0.1, 0.15) is 18.1 Å². The van der Waals surface area contributed by atoms with Crippen LogP contribution in [-0.2, 0) is 37.4 Å². The first kappa shape index (κ1) is 35.8. The molecule has 4 N–H and O–H groups in total. The van der Waals surface area contributed by atoms with Crippen molar-refractivity contribution in [2.45, 2.75) is 64.1 Å². The number of hydrogen-bond donors (Lipinski definition) is 4. The number of para-hydroxylation sites is 1. The maximum Gasteiger partial charge on any atom is 0.254 e. The quantitative estimate of drug-likeness (QED) is 0.256. The normalized spacial score (nSPS) is 20.1. The molecule has 262 valence electrons. The van der Waals surface area contributed by atoms with Crippen molar-refractivity contribution in [3.8, 4) is 0 Å². The summed E-state index contributed by atoms with van der Waals surface area (Å²) in [4.78, 5) is 74.7. The van der Waals surface area contributed by atoms with Crippen molar-refractivity contribution >= 4 is 40.4 Å². The summed E-state index contributed by atoms with van der Waals surface area (Å²) in [7, 11) is 1.50. The molecule has 1 fully saturated rings. The lowest BCUT2D eigenvalue weighted by Crippen LogP contribution is -2.57. The molecule has 5 amide bonds. The number of rotatable bonds is 5. The van der Waals surface area contributed by atoms with Gasteiger partial charge in [0.2, 0.25) is 23.6 Å². The standard InChI is InChI=1S/C39H46N6O5/c1-25-35(47)43-32(21-26-11-7-6-8-12-26)36(48)40-19-20-45(37(49)27-15-17-29(18-16-27)39(2,3)4)24-34(46)42-33(38(50)44(25)5)22-28-23-41-31-14-10-9-13-30(28)31/h6-18,23,25,32-33,41H,19-22,24H2,1-5H3,(H,40,48)(H,42,46)(H,43,47)/t25-,32-,33-/m0/s1. The predicted octanol–water partition coefficient (Wildman–Crippen LogP) is 3.34. The molecular formula is C39H46N6O5. The van der Waals surface area contributed by atoms with Crippen molar-refractivity contribution < 1.29 is 24.0 Å². The highest BCUT2D eigenvalue weighted by molar-refractivity contribution is 5.98. The smallest absolute Gasteiger partial charge is 0.254 e. The van der Waals surface area contributed by atoms with Gasteiger partial charge in [-0.15, -0.1) is 0 Å². The molecule has 0 aliphatic carbocycles. The second-order valence-electron chi connectivity index (χ2n) is 13.9. The van der Waals surface area contributed by atoms with E-state index in [0.717, 1.165) is 27.6 Å². The van der Waals surface area contributed by atoms with Crippen LogP contribution in [0.2, 0.25) is 0 Å². The fourth-order valence-electron chi connectivity index (χ4n) is 6.08. The number of fused-ring (bicyclic) bond motifs is 1. The van der Waals surface area contributed by atoms with Crippen LogP contribution in [0.3, 0.4) is 0 Å². The third-order valence-corrected chi connectivity index (χ3v) is 9.26. The van der Waals surface area contributed by atoms with E-state index in [0.29, 0.717) is 5.56 Å². The van der Waals surface area contributed by atoms with Gasteiger partial charge in [0.25, 0.3) is 5.91 Å². The summed E-state index contributed by atoms with van der Waals surface area (Å²) in [6.45, 7) is 7.53. The molecule has 3 atom stereocenters. The van der Waals surface area contributed by atoms with Gasteiger partial charge in [0, 0.05) is 55.6 Å². The molecule has 0 unspecified atom stereocenters. The number of benzene rings is 3. The fraction of sp³-hybridized carbons (Fsp3) is 0.359. The van der Waals surface area contributed by atoms with Crippen LogP contribution in [0, 0.1) is 0 Å². The van der Waals surface area contributed by atoms with Crippen molar-refractivity contribution in [3.05, 3.63) is 107 Å². The summed E-state index contributed by atoms with van der Waals surface area (Å²) in [5.41, 5.74) is 3.87. The number of H-pyrrole nitrogens is 1. The second-order valence-corrected chi connectivity index (χ2v) is 13.9. The molecule has 1 aliphatic heterocycles. The highest BCUT2D eigenvalue weighted by atomic mass is 16.2. The Hall–Kier alpha value is -5.45. The van der Waals surface area contributed by atoms with Crippen molar-refractivity contribution in [3.63, 3.8) is 0 Å². The van der Waals surface area contributed by atoms with Gasteiger partial charge in [0.05, 0.1) is 6.54 Å². The van der Waals surface area contributed by atoms with E-state index >= 15 is 0 Å². The van der Waals surface area contributed by atoms with Gasteiger partial charge in [-0.2, -0.15) is 0 Å². The van der Waals surface area contributed by atoms with Crippen LogP contribution in [-0.4, -0.2) is 89.1 Å². The van der Waals surface area contributed by atoms with E-state index in [1.54, 1.807) is 25.3 Å². The van der Waals surface area contributed by atoms with Crippen molar-refractivity contribution in [1.29, 1.82) is 0 Å². The Labute approximate surface area is 292 Å². The predicted molar refractivity (Wildman–Crippen MR) is 192 cm³/mol. The third kappa shape index (κ3) is 8.58. The molecule has 0 bridgehead atoms. The molecule has 2 heterocycles. The second kappa shape index (κ2) is 15.4. The van der Waals surface area contributed by atoms with E-state index in [1.165, 1.54) is 16.8 Å². The topological polar surface area (TPSA) is 144 Å². The highest BCUT2D eigenvalue weighted by Gasteiger charge is 2.33. The first-order valence-corrected chi connectivity index (χ1v) is 16.9. The summed E-state index contributed by atoms with van der Waals surface area (Å²) in [6.07, 6.45) is 2.17. The lowest BCUT2D eigenvalue weighted by atomic mass is 9.86. The number of nitrogens with one attached hydrogen (secondary N) is 4. The molecule has 11 heteroatoms. The number of carbonyl (C=O) groups is 5. The van der Waals surface area contributed by atoms with Gasteiger partial charge in [-0.3, -0.25) is 24.0 Å². The number of carbonyl (C=O) groups excluding carboxylic acids is 5. The number of aromatic nitrogens is 1. The molecule has 50 heavy (non-hydrogen) atoms. The van der Waals surface area contributed by atoms with E-state index in [1.807, 2.05) is 66.7 Å². The SMILES string of the molecule is C[C@H]1C(=O)N[C@@H](Cc2ccccc2)C(=O)NCCN(C(=O)c2ccc(C(C)(C)C)cc2)CC(=O)N[C@@H](Cc2c[nH]c3ccccc23)C(=O)N1C. The van der Waals surface area contributed by atoms with Crippen molar-refractivity contribution in [2.75, 3.05) is 26.7 Å². The van der Waals surface area contributed by atoms with Crippen LogP contribution in [0.15, 0.2) is 85.1 Å². The Morgan fingerprint density at radius 3 is 2.20 bits per heavy atom. The summed E-state index contributed by atoms with van der Waals surface area (Å²) in [6, 6.07) is 21.3. The van der Waals surface area contributed by atoms with Crippen molar-refractivity contribution in [1.82, 2.24) is 30.7 Å². The minimum absolute atomic E-state index is 0.0163. The molecule has 3 aromatic carbocycles. The van der Waals surface area contributed by atoms with Gasteiger partial charge in [0.15, 0.2) is 0 Å². The molecule has 0 saturated carbocycles. The monoisotopic (exact) mass is 678 g/mol. The molecule has 1 saturated heterocycles. The molecule has 0 radical (unpaired) electrons. The van der Waals surface area contributed by atoms with Gasteiger partial charge >= 0.3 is 0 Å². The zero-order valence-electron chi connectivity index (χ0n) is 29.3. The third-order valence-electron chi connectivity index (χ3n) is 9.26. The minimum atomic E-state index is -1.05. The molecular weight excluding hydrogens is 632 g/mol. The molecule has 0 spiro atoms. The van der Waals surface area contributed by atoms with Gasteiger partial charge < -0.3 is 30.7 Å². The first-order chi connectivity index (χ1) is 23.8. The zero-order valence-corrected chi connectivity index (χ0v) is 29.3. The summed E-state index contributed by atoms with van der Waals surface area (Å²) in [5.74, 6) is -2.38. The van der Waals surface area contributed by atoms with E-state index < -0.39 is 47.7 Å². The van der Waals surface area contributed by atoms with Gasteiger partial charge in [-0.1, -0.05) is 81.4 Å².